The molecule has 0 aliphatic carbocycles. The van der Waals surface area contributed by atoms with Crippen molar-refractivity contribution in [3.05, 3.63) is 36.1 Å². The van der Waals surface area contributed by atoms with Crippen molar-refractivity contribution in [1.29, 1.82) is 0 Å². The van der Waals surface area contributed by atoms with E-state index < -0.39 is 5.91 Å². The molecule has 1 aliphatic rings. The van der Waals surface area contributed by atoms with Gasteiger partial charge in [0.25, 0.3) is 11.8 Å². The SMILES string of the molecule is COC(/C=C/CO)=C/C(=O)N1C(=O)C=C[C@@H]1C. The Labute approximate surface area is 99.7 Å². The van der Waals surface area contributed by atoms with Crippen LogP contribution in [0.4, 0.5) is 0 Å². The van der Waals surface area contributed by atoms with E-state index in [1.807, 2.05) is 0 Å². The Morgan fingerprint density at radius 3 is 2.82 bits per heavy atom. The van der Waals surface area contributed by atoms with Gasteiger partial charge in [-0.05, 0) is 13.0 Å². The summed E-state index contributed by atoms with van der Waals surface area (Å²) < 4.78 is 4.94. The Kier molecular flexibility index (Phi) is 4.66. The summed E-state index contributed by atoms with van der Waals surface area (Å²) in [5, 5.41) is 8.61. The molecule has 0 bridgehead atoms. The molecule has 0 aromatic rings. The first-order chi connectivity index (χ1) is 8.10. The molecule has 0 aromatic carbocycles. The summed E-state index contributed by atoms with van der Waals surface area (Å²) in [6, 6.07) is -0.244. The maximum atomic E-state index is 11.8. The van der Waals surface area contributed by atoms with Crippen LogP contribution in [-0.4, -0.2) is 41.6 Å². The van der Waals surface area contributed by atoms with E-state index in [2.05, 4.69) is 0 Å². The number of nitrogens with zero attached hydrogens (tertiary/aromatic N) is 1. The maximum absolute atomic E-state index is 11.8. The summed E-state index contributed by atoms with van der Waals surface area (Å²) >= 11 is 0. The Morgan fingerprint density at radius 2 is 2.35 bits per heavy atom. The molecule has 1 aliphatic heterocycles. The lowest BCUT2D eigenvalue weighted by atomic mass is 10.3. The van der Waals surface area contributed by atoms with Crippen LogP contribution in [0.25, 0.3) is 0 Å². The number of hydrogen-bond donors (Lipinski definition) is 1. The van der Waals surface area contributed by atoms with Gasteiger partial charge in [0.15, 0.2) is 0 Å². The number of aliphatic hydroxyl groups excluding tert-OH is 1. The number of allylic oxidation sites excluding steroid dienone is 1. The van der Waals surface area contributed by atoms with E-state index in [0.29, 0.717) is 0 Å². The fourth-order valence-electron chi connectivity index (χ4n) is 1.43. The third-order valence-electron chi connectivity index (χ3n) is 2.29. The zero-order chi connectivity index (χ0) is 12.8. The molecule has 2 amide bonds. The predicted octanol–water partition coefficient (Wildman–Crippen LogP) is 0.379. The molecule has 92 valence electrons. The van der Waals surface area contributed by atoms with Gasteiger partial charge in [0.1, 0.15) is 5.76 Å². The number of amides is 2. The highest BCUT2D eigenvalue weighted by Crippen LogP contribution is 2.12. The highest BCUT2D eigenvalue weighted by molar-refractivity contribution is 6.07. The van der Waals surface area contributed by atoms with E-state index in [1.54, 1.807) is 13.0 Å². The molecule has 0 saturated carbocycles. The summed E-state index contributed by atoms with van der Waals surface area (Å²) in [6.07, 6.45) is 7.15. The molecule has 1 atom stereocenters. The number of imide groups is 1. The zero-order valence-electron chi connectivity index (χ0n) is 9.79. The van der Waals surface area contributed by atoms with Crippen LogP contribution in [0.3, 0.4) is 0 Å². The van der Waals surface area contributed by atoms with Crippen LogP contribution in [0.2, 0.25) is 0 Å². The lowest BCUT2D eigenvalue weighted by Crippen LogP contribution is -2.36. The van der Waals surface area contributed by atoms with Gasteiger partial charge < -0.3 is 9.84 Å². The minimum absolute atomic E-state index is 0.143. The van der Waals surface area contributed by atoms with Gasteiger partial charge in [-0.15, -0.1) is 0 Å². The van der Waals surface area contributed by atoms with Crippen molar-refractivity contribution in [2.45, 2.75) is 13.0 Å². The van der Waals surface area contributed by atoms with E-state index in [-0.39, 0.29) is 24.3 Å². The summed E-state index contributed by atoms with van der Waals surface area (Å²) in [4.78, 5) is 24.3. The second-order valence-electron chi connectivity index (χ2n) is 3.48. The third-order valence-corrected chi connectivity index (χ3v) is 2.29. The largest absolute Gasteiger partial charge is 0.497 e. The number of carbonyl (C=O) groups excluding carboxylic acids is 2. The van der Waals surface area contributed by atoms with Gasteiger partial charge in [0, 0.05) is 12.2 Å². The minimum Gasteiger partial charge on any atom is -0.497 e. The van der Waals surface area contributed by atoms with E-state index >= 15 is 0 Å². The van der Waals surface area contributed by atoms with Gasteiger partial charge in [0.05, 0.1) is 19.8 Å². The van der Waals surface area contributed by atoms with Crippen molar-refractivity contribution < 1.29 is 19.4 Å². The molecule has 0 spiro atoms. The lowest BCUT2D eigenvalue weighted by molar-refractivity contribution is -0.138. The molecule has 5 heteroatoms. The number of carbonyl (C=O) groups is 2. The second-order valence-corrected chi connectivity index (χ2v) is 3.48. The zero-order valence-corrected chi connectivity index (χ0v) is 9.79. The molecule has 0 saturated heterocycles. The van der Waals surface area contributed by atoms with Crippen LogP contribution in [0.15, 0.2) is 36.1 Å². The third kappa shape index (κ3) is 3.29. The normalized spacial score (nSPS) is 20.4. The number of methoxy groups -OCH3 is 1. The number of rotatable bonds is 4. The Bertz CT molecular complexity index is 395. The molecule has 1 N–H and O–H groups in total. The number of hydrogen-bond acceptors (Lipinski definition) is 4. The van der Waals surface area contributed by atoms with Gasteiger partial charge in [-0.3, -0.25) is 14.5 Å². The average molecular weight is 237 g/mol. The summed E-state index contributed by atoms with van der Waals surface area (Å²) in [5.41, 5.74) is 0. The van der Waals surface area contributed by atoms with Gasteiger partial charge >= 0.3 is 0 Å². The Balaban J connectivity index is 2.79. The molecule has 0 radical (unpaired) electrons. The van der Waals surface area contributed by atoms with Crippen molar-refractivity contribution in [2.24, 2.45) is 0 Å². The molecule has 5 nitrogen and oxygen atoms in total. The number of aliphatic hydroxyl groups is 1. The number of ether oxygens (including phenoxy) is 1. The predicted molar refractivity (Wildman–Crippen MR) is 61.8 cm³/mol. The highest BCUT2D eigenvalue weighted by Gasteiger charge is 2.27. The van der Waals surface area contributed by atoms with Crippen LogP contribution < -0.4 is 0 Å². The molecule has 0 aromatic heterocycles. The molecule has 1 heterocycles. The lowest BCUT2D eigenvalue weighted by Gasteiger charge is -2.17. The standard InChI is InChI=1S/C12H15NO4/c1-9-5-6-11(15)13(9)12(16)8-10(17-2)4-3-7-14/h3-6,8-9,14H,7H2,1-2H3/b4-3+,10-8+/t9-/m0/s1. The molecular weight excluding hydrogens is 222 g/mol. The fraction of sp³-hybridized carbons (Fsp3) is 0.333. The van der Waals surface area contributed by atoms with Gasteiger partial charge in [-0.25, -0.2) is 0 Å². The monoisotopic (exact) mass is 237 g/mol. The highest BCUT2D eigenvalue weighted by atomic mass is 16.5. The van der Waals surface area contributed by atoms with Crippen molar-refractivity contribution >= 4 is 11.8 Å². The average Bonchev–Trinajstić information content (AvgIpc) is 2.64. The summed E-state index contributed by atoms with van der Waals surface area (Å²) in [5.74, 6) is -0.483. The summed E-state index contributed by atoms with van der Waals surface area (Å²) in [6.45, 7) is 1.61. The molecular formula is C12H15NO4. The van der Waals surface area contributed by atoms with Crippen molar-refractivity contribution in [3.63, 3.8) is 0 Å². The smallest absolute Gasteiger partial charge is 0.257 e. The second kappa shape index (κ2) is 6.00. The minimum atomic E-state index is -0.438. The van der Waals surface area contributed by atoms with Crippen LogP contribution in [-0.2, 0) is 14.3 Å². The van der Waals surface area contributed by atoms with Gasteiger partial charge in [0.2, 0.25) is 0 Å². The maximum Gasteiger partial charge on any atom is 0.257 e. The van der Waals surface area contributed by atoms with Crippen molar-refractivity contribution in [3.8, 4) is 0 Å². The van der Waals surface area contributed by atoms with E-state index in [4.69, 9.17) is 9.84 Å². The first-order valence-electron chi connectivity index (χ1n) is 5.18. The van der Waals surface area contributed by atoms with Crippen LogP contribution >= 0.6 is 0 Å². The van der Waals surface area contributed by atoms with E-state index in [0.717, 1.165) is 4.90 Å². The Morgan fingerprint density at radius 1 is 1.65 bits per heavy atom. The van der Waals surface area contributed by atoms with Gasteiger partial charge in [-0.1, -0.05) is 12.2 Å². The Hall–Kier alpha value is -1.88. The van der Waals surface area contributed by atoms with E-state index in [9.17, 15) is 9.59 Å². The first kappa shape index (κ1) is 13.2. The molecule has 1 rings (SSSR count). The quantitative estimate of drug-likeness (QED) is 0.436. The van der Waals surface area contributed by atoms with E-state index in [1.165, 1.54) is 31.4 Å². The summed E-state index contributed by atoms with van der Waals surface area (Å²) in [7, 11) is 1.41. The molecule has 17 heavy (non-hydrogen) atoms. The van der Waals surface area contributed by atoms with Crippen LogP contribution in [0, 0.1) is 0 Å². The molecule has 0 fully saturated rings. The van der Waals surface area contributed by atoms with Crippen molar-refractivity contribution in [1.82, 2.24) is 4.90 Å². The first-order valence-corrected chi connectivity index (χ1v) is 5.18. The topological polar surface area (TPSA) is 66.8 Å². The fourth-order valence-corrected chi connectivity index (χ4v) is 1.43. The van der Waals surface area contributed by atoms with Crippen molar-refractivity contribution in [2.75, 3.05) is 13.7 Å². The molecule has 0 unspecified atom stereocenters. The van der Waals surface area contributed by atoms with Crippen LogP contribution in [0.5, 0.6) is 0 Å². The van der Waals surface area contributed by atoms with Gasteiger partial charge in [-0.2, -0.15) is 0 Å². The van der Waals surface area contributed by atoms with Crippen LogP contribution in [0.1, 0.15) is 6.92 Å².